The van der Waals surface area contributed by atoms with Crippen molar-refractivity contribution in [3.8, 4) is 11.5 Å². The predicted octanol–water partition coefficient (Wildman–Crippen LogP) is 1.28. The second kappa shape index (κ2) is 4.51. The zero-order chi connectivity index (χ0) is 17.0. The summed E-state index contributed by atoms with van der Waals surface area (Å²) in [6.07, 6.45) is 5.66. The first-order valence-electron chi connectivity index (χ1n) is 9.78. The summed E-state index contributed by atoms with van der Waals surface area (Å²) in [4.78, 5) is 2.55. The monoisotopic (exact) mass is 342 g/mol. The Bertz CT molecular complexity index is 764. The van der Waals surface area contributed by atoms with Gasteiger partial charge in [0, 0.05) is 24.2 Å². The Hall–Kier alpha value is -1.30. The van der Waals surface area contributed by atoms with Gasteiger partial charge in [-0.1, -0.05) is 6.07 Å². The van der Waals surface area contributed by atoms with Crippen LogP contribution in [0.2, 0.25) is 0 Å². The van der Waals surface area contributed by atoms with Gasteiger partial charge < -0.3 is 20.7 Å². The summed E-state index contributed by atoms with van der Waals surface area (Å²) < 4.78 is 6.26. The lowest BCUT2D eigenvalue weighted by molar-refractivity contribution is -0.189. The summed E-state index contributed by atoms with van der Waals surface area (Å²) in [7, 11) is 0. The van der Waals surface area contributed by atoms with Crippen LogP contribution >= 0.6 is 0 Å². The number of aliphatic hydroxyl groups is 1. The lowest BCUT2D eigenvalue weighted by Gasteiger charge is -2.64. The van der Waals surface area contributed by atoms with Crippen LogP contribution in [0.1, 0.15) is 43.2 Å². The summed E-state index contributed by atoms with van der Waals surface area (Å²) in [5, 5.41) is 22.5. The minimum Gasteiger partial charge on any atom is -0.504 e. The summed E-state index contributed by atoms with van der Waals surface area (Å²) in [5.41, 5.74) is 7.53. The summed E-state index contributed by atoms with van der Waals surface area (Å²) in [6.45, 7) is 2.10. The number of nitrogens with zero attached hydrogens (tertiary/aromatic N) is 1. The fraction of sp³-hybridized carbons (Fsp3) is 0.700. The average Bonchev–Trinajstić information content (AvgIpc) is 3.32. The van der Waals surface area contributed by atoms with Crippen LogP contribution in [0, 0.1) is 5.92 Å². The van der Waals surface area contributed by atoms with Gasteiger partial charge in [-0.2, -0.15) is 0 Å². The molecule has 2 saturated carbocycles. The van der Waals surface area contributed by atoms with Crippen molar-refractivity contribution in [1.82, 2.24) is 4.90 Å². The molecule has 1 saturated heterocycles. The van der Waals surface area contributed by atoms with Crippen LogP contribution < -0.4 is 10.5 Å². The minimum atomic E-state index is -0.799. The van der Waals surface area contributed by atoms with Crippen LogP contribution in [0.25, 0.3) is 0 Å². The zero-order valence-electron chi connectivity index (χ0n) is 14.4. The van der Waals surface area contributed by atoms with Gasteiger partial charge in [-0.3, -0.25) is 4.90 Å². The van der Waals surface area contributed by atoms with Gasteiger partial charge in [-0.05, 0) is 62.6 Å². The molecule has 0 amide bonds. The number of piperidine rings is 1. The van der Waals surface area contributed by atoms with Crippen molar-refractivity contribution in [3.05, 3.63) is 23.3 Å². The van der Waals surface area contributed by atoms with E-state index in [4.69, 9.17) is 10.5 Å². The van der Waals surface area contributed by atoms with E-state index in [1.807, 2.05) is 6.07 Å². The number of ether oxygens (including phenoxy) is 1. The fourth-order valence-corrected chi connectivity index (χ4v) is 6.52. The highest BCUT2D eigenvalue weighted by Crippen LogP contribution is 2.65. The molecule has 5 nitrogen and oxygen atoms in total. The molecular formula is C20H26N2O3. The first-order valence-corrected chi connectivity index (χ1v) is 9.78. The van der Waals surface area contributed by atoms with E-state index in [1.165, 1.54) is 18.4 Å². The Morgan fingerprint density at radius 2 is 2.08 bits per heavy atom. The molecule has 25 heavy (non-hydrogen) atoms. The highest BCUT2D eigenvalue weighted by Gasteiger charge is 2.72. The molecule has 4 N–H and O–H groups in total. The smallest absolute Gasteiger partial charge is 0.165 e. The molecule has 2 aliphatic heterocycles. The topological polar surface area (TPSA) is 79.0 Å². The zero-order valence-corrected chi connectivity index (χ0v) is 14.4. The maximum Gasteiger partial charge on any atom is 0.165 e. The number of hydrogen-bond donors (Lipinski definition) is 3. The third-order valence-electron chi connectivity index (χ3n) is 7.81. The number of hydrogen-bond acceptors (Lipinski definition) is 5. The molecule has 3 aliphatic carbocycles. The van der Waals surface area contributed by atoms with Crippen LogP contribution in [0.4, 0.5) is 0 Å². The molecule has 5 heteroatoms. The van der Waals surface area contributed by atoms with Gasteiger partial charge in [0.2, 0.25) is 0 Å². The highest BCUT2D eigenvalue weighted by molar-refractivity contribution is 5.62. The molecule has 1 aromatic rings. The van der Waals surface area contributed by atoms with Crippen molar-refractivity contribution in [1.29, 1.82) is 0 Å². The lowest BCUT2D eigenvalue weighted by Crippen LogP contribution is -2.77. The number of aromatic hydroxyl groups is 1. The Morgan fingerprint density at radius 3 is 2.88 bits per heavy atom. The standard InChI is InChI=1S/C20H26N2O3/c21-13-5-6-20(24)15-9-12-3-4-14(23)17-16(12)19(20,18(13)25-17)7-8-22(15)10-11-1-2-11/h3-4,11,13,15,18,23-24H,1-2,5-10,21H2/t13?,15-,18?,19+,20-/m0/s1. The Labute approximate surface area is 147 Å². The van der Waals surface area contributed by atoms with Gasteiger partial charge in [0.1, 0.15) is 6.10 Å². The first kappa shape index (κ1) is 14.8. The van der Waals surface area contributed by atoms with Crippen molar-refractivity contribution in [2.75, 3.05) is 13.1 Å². The number of rotatable bonds is 2. The maximum absolute atomic E-state index is 12.1. The van der Waals surface area contributed by atoms with Gasteiger partial charge in [-0.25, -0.2) is 0 Å². The third-order valence-corrected chi connectivity index (χ3v) is 7.81. The van der Waals surface area contributed by atoms with Crippen molar-refractivity contribution < 1.29 is 14.9 Å². The second-order valence-electron chi connectivity index (χ2n) is 8.99. The third kappa shape index (κ3) is 1.61. The van der Waals surface area contributed by atoms with Crippen LogP contribution in [0.3, 0.4) is 0 Å². The molecule has 5 atom stereocenters. The fourth-order valence-electron chi connectivity index (χ4n) is 6.52. The van der Waals surface area contributed by atoms with Crippen molar-refractivity contribution >= 4 is 0 Å². The van der Waals surface area contributed by atoms with Gasteiger partial charge >= 0.3 is 0 Å². The van der Waals surface area contributed by atoms with Crippen LogP contribution in [-0.2, 0) is 11.8 Å². The molecule has 2 heterocycles. The minimum absolute atomic E-state index is 0.0892. The van der Waals surface area contributed by atoms with E-state index in [2.05, 4.69) is 4.90 Å². The molecular weight excluding hydrogens is 316 g/mol. The summed E-state index contributed by atoms with van der Waals surface area (Å²) >= 11 is 0. The van der Waals surface area contributed by atoms with E-state index in [1.54, 1.807) is 6.07 Å². The molecule has 2 unspecified atom stereocenters. The van der Waals surface area contributed by atoms with Crippen molar-refractivity contribution in [2.24, 2.45) is 11.7 Å². The molecule has 0 radical (unpaired) electrons. The van der Waals surface area contributed by atoms with E-state index in [9.17, 15) is 10.2 Å². The molecule has 5 aliphatic rings. The number of nitrogens with two attached hydrogens (primary N) is 1. The molecule has 1 aromatic carbocycles. The summed E-state index contributed by atoms with van der Waals surface area (Å²) in [5.74, 6) is 1.60. The van der Waals surface area contributed by atoms with E-state index < -0.39 is 11.0 Å². The Morgan fingerprint density at radius 1 is 1.24 bits per heavy atom. The molecule has 3 fully saturated rings. The number of phenolic OH excluding ortho intramolecular Hbond substituents is 1. The molecule has 1 spiro atoms. The Balaban J connectivity index is 1.57. The largest absolute Gasteiger partial charge is 0.504 e. The van der Waals surface area contributed by atoms with E-state index >= 15 is 0 Å². The van der Waals surface area contributed by atoms with Gasteiger partial charge in [0.25, 0.3) is 0 Å². The Kier molecular flexibility index (Phi) is 2.67. The predicted molar refractivity (Wildman–Crippen MR) is 92.8 cm³/mol. The number of benzene rings is 1. The van der Waals surface area contributed by atoms with Crippen LogP contribution in [0.15, 0.2) is 12.1 Å². The summed E-state index contributed by atoms with van der Waals surface area (Å²) in [6, 6.07) is 3.84. The number of likely N-dealkylation sites (tertiary alicyclic amines) is 1. The second-order valence-corrected chi connectivity index (χ2v) is 8.99. The SMILES string of the molecule is NC1CC[C@]2(O)[C@@H]3Cc4ccc(O)c5c4[C@]2(CCN3CC2CC2)C1O5. The van der Waals surface area contributed by atoms with E-state index in [-0.39, 0.29) is 23.9 Å². The van der Waals surface area contributed by atoms with E-state index in [0.717, 1.165) is 50.3 Å². The van der Waals surface area contributed by atoms with Gasteiger partial charge in [0.15, 0.2) is 11.5 Å². The lowest BCUT2D eigenvalue weighted by atomic mass is 9.48. The maximum atomic E-state index is 12.1. The van der Waals surface area contributed by atoms with Gasteiger partial charge in [-0.15, -0.1) is 0 Å². The normalized spacial score (nSPS) is 44.3. The first-order chi connectivity index (χ1) is 12.0. The van der Waals surface area contributed by atoms with Crippen molar-refractivity contribution in [3.63, 3.8) is 0 Å². The van der Waals surface area contributed by atoms with E-state index in [0.29, 0.717) is 5.75 Å². The molecule has 0 aromatic heterocycles. The quantitative estimate of drug-likeness (QED) is 0.755. The highest BCUT2D eigenvalue weighted by atomic mass is 16.5. The average molecular weight is 342 g/mol. The van der Waals surface area contributed by atoms with Gasteiger partial charge in [0.05, 0.1) is 11.0 Å². The van der Waals surface area contributed by atoms with Crippen LogP contribution in [-0.4, -0.2) is 52.0 Å². The van der Waals surface area contributed by atoms with Crippen molar-refractivity contribution in [2.45, 2.75) is 67.7 Å². The molecule has 6 rings (SSSR count). The van der Waals surface area contributed by atoms with Crippen LogP contribution in [0.5, 0.6) is 11.5 Å². The molecule has 2 bridgehead atoms. The number of phenols is 1. The molecule has 134 valence electrons.